The minimum atomic E-state index is 0.0626. The average molecular weight is 265 g/mol. The molecule has 0 aliphatic heterocycles. The first-order valence-corrected chi connectivity index (χ1v) is 6.75. The number of hydrogen-bond donors (Lipinski definition) is 2. The van der Waals surface area contributed by atoms with Gasteiger partial charge in [0, 0.05) is 25.8 Å². The fraction of sp³-hybridized carbons (Fsp3) is 0.385. The van der Waals surface area contributed by atoms with Gasteiger partial charge in [0.1, 0.15) is 0 Å². The number of carbonyl (C=O) groups excluding carboxylic acids is 1. The molecule has 18 heavy (non-hydrogen) atoms. The molecule has 1 aromatic rings. The van der Waals surface area contributed by atoms with Crippen molar-refractivity contribution in [3.63, 3.8) is 0 Å². The highest BCUT2D eigenvalue weighted by atomic mass is 32.2. The highest BCUT2D eigenvalue weighted by molar-refractivity contribution is 8.00. The molecule has 1 amide bonds. The largest absolute Gasteiger partial charge is 0.388 e. The Morgan fingerprint density at radius 2 is 2.00 bits per heavy atom. The summed E-state index contributed by atoms with van der Waals surface area (Å²) in [6, 6.07) is 9.86. The molecule has 5 heteroatoms. The molecule has 1 rings (SSSR count). The molecular weight excluding hydrogens is 246 g/mol. The Labute approximate surface area is 112 Å². The van der Waals surface area contributed by atoms with Crippen LogP contribution in [0.15, 0.2) is 30.3 Å². The van der Waals surface area contributed by atoms with Crippen LogP contribution in [0, 0.1) is 5.41 Å². The third-order valence-corrected chi connectivity index (χ3v) is 3.74. The van der Waals surface area contributed by atoms with E-state index in [2.05, 4.69) is 0 Å². The van der Waals surface area contributed by atoms with Crippen LogP contribution >= 0.6 is 11.8 Å². The van der Waals surface area contributed by atoms with Gasteiger partial charge in [-0.1, -0.05) is 30.3 Å². The van der Waals surface area contributed by atoms with E-state index in [1.54, 1.807) is 19.0 Å². The van der Waals surface area contributed by atoms with Crippen molar-refractivity contribution in [1.82, 2.24) is 4.90 Å². The van der Waals surface area contributed by atoms with Crippen LogP contribution in [-0.2, 0) is 4.79 Å². The van der Waals surface area contributed by atoms with Crippen molar-refractivity contribution in [1.29, 1.82) is 5.41 Å². The molecule has 0 saturated carbocycles. The van der Waals surface area contributed by atoms with Crippen LogP contribution in [0.5, 0.6) is 0 Å². The Morgan fingerprint density at radius 3 is 2.50 bits per heavy atom. The number of nitrogens with one attached hydrogen (secondary N) is 1. The van der Waals surface area contributed by atoms with Crippen molar-refractivity contribution in [2.24, 2.45) is 5.73 Å². The third kappa shape index (κ3) is 4.79. The van der Waals surface area contributed by atoms with Gasteiger partial charge in [0.05, 0.1) is 11.6 Å². The highest BCUT2D eigenvalue weighted by Gasteiger charge is 2.15. The summed E-state index contributed by atoms with van der Waals surface area (Å²) < 4.78 is 0. The van der Waals surface area contributed by atoms with Crippen LogP contribution in [0.2, 0.25) is 0 Å². The lowest BCUT2D eigenvalue weighted by Gasteiger charge is -2.17. The predicted octanol–water partition coefficient (Wildman–Crippen LogP) is 1.88. The van der Waals surface area contributed by atoms with Gasteiger partial charge in [-0.05, 0) is 5.56 Å². The van der Waals surface area contributed by atoms with Crippen LogP contribution in [0.3, 0.4) is 0 Å². The molecule has 0 aliphatic carbocycles. The first-order valence-electron chi connectivity index (χ1n) is 5.70. The van der Waals surface area contributed by atoms with Gasteiger partial charge in [-0.2, -0.15) is 0 Å². The number of amidine groups is 1. The van der Waals surface area contributed by atoms with E-state index < -0.39 is 0 Å². The Morgan fingerprint density at radius 1 is 1.39 bits per heavy atom. The second-order valence-corrected chi connectivity index (χ2v) is 5.42. The number of thioether (sulfide) groups is 1. The molecule has 0 bridgehead atoms. The first-order chi connectivity index (χ1) is 8.50. The number of amides is 1. The summed E-state index contributed by atoms with van der Waals surface area (Å²) in [5.74, 6) is 0.623. The van der Waals surface area contributed by atoms with Gasteiger partial charge in [-0.25, -0.2) is 0 Å². The lowest BCUT2D eigenvalue weighted by atomic mass is 10.1. The first kappa shape index (κ1) is 14.6. The summed E-state index contributed by atoms with van der Waals surface area (Å²) in [6.45, 7) is 0. The molecule has 0 fully saturated rings. The Kier molecular flexibility index (Phi) is 5.71. The van der Waals surface area contributed by atoms with Crippen LogP contribution in [0.25, 0.3) is 0 Å². The standard InChI is InChI=1S/C13H19N3OS/c1-16(2)13(17)9-18-11(8-12(14)15)10-6-4-3-5-7-10/h3-7,11H,8-9H2,1-2H3,(H3,14,15). The number of carbonyl (C=O) groups is 1. The Bertz CT molecular complexity index is 406. The number of benzene rings is 1. The van der Waals surface area contributed by atoms with Gasteiger partial charge >= 0.3 is 0 Å². The fourth-order valence-electron chi connectivity index (χ4n) is 1.44. The van der Waals surface area contributed by atoms with Crippen molar-refractivity contribution in [2.45, 2.75) is 11.7 Å². The van der Waals surface area contributed by atoms with Crippen molar-refractivity contribution < 1.29 is 4.79 Å². The van der Waals surface area contributed by atoms with Crippen LogP contribution in [0.1, 0.15) is 17.2 Å². The molecule has 0 radical (unpaired) electrons. The SMILES string of the molecule is CN(C)C(=O)CSC(CC(=N)N)c1ccccc1. The molecule has 1 aromatic carbocycles. The predicted molar refractivity (Wildman–Crippen MR) is 76.9 cm³/mol. The molecule has 0 heterocycles. The average Bonchev–Trinajstić information content (AvgIpc) is 2.34. The monoisotopic (exact) mass is 265 g/mol. The second-order valence-electron chi connectivity index (χ2n) is 4.23. The minimum absolute atomic E-state index is 0.0626. The summed E-state index contributed by atoms with van der Waals surface area (Å²) in [5.41, 5.74) is 6.57. The molecule has 0 spiro atoms. The maximum atomic E-state index is 11.6. The quantitative estimate of drug-likeness (QED) is 0.609. The van der Waals surface area contributed by atoms with Crippen molar-refractivity contribution in [3.05, 3.63) is 35.9 Å². The van der Waals surface area contributed by atoms with E-state index in [0.29, 0.717) is 12.2 Å². The Balaban J connectivity index is 2.68. The van der Waals surface area contributed by atoms with Gasteiger partial charge in [-0.3, -0.25) is 10.2 Å². The smallest absolute Gasteiger partial charge is 0.232 e. The Hall–Kier alpha value is -1.49. The van der Waals surface area contributed by atoms with E-state index in [4.69, 9.17) is 11.1 Å². The maximum Gasteiger partial charge on any atom is 0.232 e. The number of hydrogen-bond acceptors (Lipinski definition) is 3. The van der Waals surface area contributed by atoms with Crippen molar-refractivity contribution >= 4 is 23.5 Å². The van der Waals surface area contributed by atoms with Crippen LogP contribution in [-0.4, -0.2) is 36.5 Å². The molecule has 0 aliphatic rings. The van der Waals surface area contributed by atoms with Gasteiger partial charge < -0.3 is 10.6 Å². The lowest BCUT2D eigenvalue weighted by Crippen LogP contribution is -2.24. The molecule has 3 N–H and O–H groups in total. The van der Waals surface area contributed by atoms with E-state index in [1.165, 1.54) is 11.8 Å². The lowest BCUT2D eigenvalue weighted by molar-refractivity contribution is -0.125. The van der Waals surface area contributed by atoms with E-state index >= 15 is 0 Å². The molecular formula is C13H19N3OS. The molecule has 1 unspecified atom stereocenters. The summed E-state index contributed by atoms with van der Waals surface area (Å²) in [4.78, 5) is 13.2. The summed E-state index contributed by atoms with van der Waals surface area (Å²) in [6.07, 6.45) is 0.468. The highest BCUT2D eigenvalue weighted by Crippen LogP contribution is 2.31. The van der Waals surface area contributed by atoms with E-state index in [1.807, 2.05) is 30.3 Å². The van der Waals surface area contributed by atoms with E-state index in [0.717, 1.165) is 5.56 Å². The number of nitrogens with two attached hydrogens (primary N) is 1. The van der Waals surface area contributed by atoms with Crippen LogP contribution < -0.4 is 5.73 Å². The van der Waals surface area contributed by atoms with Gasteiger partial charge in [-0.15, -0.1) is 11.8 Å². The zero-order valence-electron chi connectivity index (χ0n) is 10.7. The second kappa shape index (κ2) is 7.06. The summed E-state index contributed by atoms with van der Waals surface area (Å²) in [5, 5.41) is 7.48. The molecule has 0 aromatic heterocycles. The number of rotatable bonds is 6. The van der Waals surface area contributed by atoms with Crippen molar-refractivity contribution in [2.75, 3.05) is 19.8 Å². The van der Waals surface area contributed by atoms with Gasteiger partial charge in [0.25, 0.3) is 0 Å². The topological polar surface area (TPSA) is 70.2 Å². The number of nitrogens with zero attached hydrogens (tertiary/aromatic N) is 1. The van der Waals surface area contributed by atoms with Gasteiger partial charge in [0.2, 0.25) is 5.91 Å². The van der Waals surface area contributed by atoms with E-state index in [-0.39, 0.29) is 17.0 Å². The summed E-state index contributed by atoms with van der Waals surface area (Å²) in [7, 11) is 3.48. The normalized spacial score (nSPS) is 11.9. The zero-order valence-corrected chi connectivity index (χ0v) is 11.5. The third-order valence-electron chi connectivity index (χ3n) is 2.48. The zero-order chi connectivity index (χ0) is 13.5. The molecule has 1 atom stereocenters. The molecule has 98 valence electrons. The van der Waals surface area contributed by atoms with Gasteiger partial charge in [0.15, 0.2) is 0 Å². The maximum absolute atomic E-state index is 11.6. The van der Waals surface area contributed by atoms with Crippen LogP contribution in [0.4, 0.5) is 0 Å². The summed E-state index contributed by atoms with van der Waals surface area (Å²) >= 11 is 1.53. The molecule has 0 saturated heterocycles. The van der Waals surface area contributed by atoms with E-state index in [9.17, 15) is 4.79 Å². The minimum Gasteiger partial charge on any atom is -0.388 e. The fourth-order valence-corrected chi connectivity index (χ4v) is 2.69. The molecule has 4 nitrogen and oxygen atoms in total. The van der Waals surface area contributed by atoms with Crippen molar-refractivity contribution in [3.8, 4) is 0 Å².